The molecule has 0 spiro atoms. The molecule has 1 N–H and O–H groups in total. The highest BCUT2D eigenvalue weighted by Crippen LogP contribution is 2.28. The average Bonchev–Trinajstić information content (AvgIpc) is 2.73. The summed E-state index contributed by atoms with van der Waals surface area (Å²) in [5.41, 5.74) is 0.810. The van der Waals surface area contributed by atoms with Gasteiger partial charge in [-0.25, -0.2) is 9.59 Å². The van der Waals surface area contributed by atoms with Gasteiger partial charge >= 0.3 is 17.6 Å². The third-order valence-corrected chi connectivity index (χ3v) is 3.96. The summed E-state index contributed by atoms with van der Waals surface area (Å²) in [7, 11) is 1.24. The predicted molar refractivity (Wildman–Crippen MR) is 106 cm³/mol. The van der Waals surface area contributed by atoms with E-state index in [-0.39, 0.29) is 29.2 Å². The van der Waals surface area contributed by atoms with Crippen LogP contribution in [0.3, 0.4) is 0 Å². The summed E-state index contributed by atoms with van der Waals surface area (Å²) >= 11 is 0. The number of carbonyl (C=O) groups is 3. The maximum Gasteiger partial charge on any atom is 0.338 e. The summed E-state index contributed by atoms with van der Waals surface area (Å²) in [4.78, 5) is 46.4. The highest BCUT2D eigenvalue weighted by Gasteiger charge is 2.20. The van der Waals surface area contributed by atoms with E-state index in [0.29, 0.717) is 11.3 Å². The number of hydrogen-bond acceptors (Lipinski definition) is 8. The molecular formula is C20H20N2O8. The molecule has 0 aliphatic rings. The molecule has 0 heterocycles. The number of nitro groups is 1. The van der Waals surface area contributed by atoms with E-state index in [1.54, 1.807) is 26.0 Å². The van der Waals surface area contributed by atoms with Crippen molar-refractivity contribution in [1.82, 2.24) is 0 Å². The summed E-state index contributed by atoms with van der Waals surface area (Å²) < 4.78 is 14.7. The van der Waals surface area contributed by atoms with Crippen LogP contribution in [-0.4, -0.2) is 43.1 Å². The fourth-order valence-corrected chi connectivity index (χ4v) is 2.47. The number of nitrogens with one attached hydrogen (secondary N) is 1. The van der Waals surface area contributed by atoms with E-state index in [1.807, 2.05) is 0 Å². The molecule has 0 aliphatic carbocycles. The number of nitrogens with zero attached hydrogens (tertiary/aromatic N) is 1. The van der Waals surface area contributed by atoms with Crippen molar-refractivity contribution in [3.63, 3.8) is 0 Å². The van der Waals surface area contributed by atoms with E-state index in [2.05, 4.69) is 10.1 Å². The molecule has 0 saturated carbocycles. The van der Waals surface area contributed by atoms with E-state index in [1.165, 1.54) is 25.3 Å². The number of anilines is 1. The molecule has 1 amide bonds. The van der Waals surface area contributed by atoms with E-state index >= 15 is 0 Å². The lowest BCUT2D eigenvalue weighted by molar-refractivity contribution is -0.385. The van der Waals surface area contributed by atoms with Crippen LogP contribution in [0.1, 0.15) is 33.2 Å². The van der Waals surface area contributed by atoms with Crippen LogP contribution >= 0.6 is 0 Å². The van der Waals surface area contributed by atoms with Gasteiger partial charge in [0.25, 0.3) is 5.91 Å². The number of nitro benzene ring substituents is 1. The summed E-state index contributed by atoms with van der Waals surface area (Å²) in [6.07, 6.45) is 0. The van der Waals surface area contributed by atoms with E-state index in [4.69, 9.17) is 9.47 Å². The Kier molecular flexibility index (Phi) is 7.45. The second-order valence-electron chi connectivity index (χ2n) is 6.02. The molecule has 2 rings (SSSR count). The molecule has 30 heavy (non-hydrogen) atoms. The second kappa shape index (κ2) is 10.0. The summed E-state index contributed by atoms with van der Waals surface area (Å²) in [6, 6.07) is 8.25. The van der Waals surface area contributed by atoms with Gasteiger partial charge in [-0.3, -0.25) is 14.9 Å². The van der Waals surface area contributed by atoms with Gasteiger partial charge in [0.2, 0.25) is 0 Å². The zero-order valence-electron chi connectivity index (χ0n) is 16.6. The Hall–Kier alpha value is -3.95. The molecule has 158 valence electrons. The van der Waals surface area contributed by atoms with Crippen LogP contribution in [0, 0.1) is 17.0 Å². The molecule has 0 fully saturated rings. The van der Waals surface area contributed by atoms with Crippen LogP contribution in [-0.2, 0) is 14.3 Å². The van der Waals surface area contributed by atoms with Crippen molar-refractivity contribution in [3.05, 3.63) is 63.2 Å². The molecule has 0 aliphatic heterocycles. The molecule has 0 unspecified atom stereocenters. The van der Waals surface area contributed by atoms with Crippen LogP contribution < -0.4 is 10.1 Å². The number of benzene rings is 2. The first-order chi connectivity index (χ1) is 14.3. The zero-order chi connectivity index (χ0) is 22.3. The number of carbonyl (C=O) groups excluding carboxylic acids is 3. The van der Waals surface area contributed by atoms with Crippen molar-refractivity contribution in [1.29, 1.82) is 0 Å². The van der Waals surface area contributed by atoms with Crippen molar-refractivity contribution >= 4 is 29.2 Å². The Morgan fingerprint density at radius 3 is 2.37 bits per heavy atom. The molecule has 2 aromatic carbocycles. The standard InChI is InChI=1S/C20H20N2O8/c1-4-29-17-8-7-14(10-16(17)22(26)27)20(25)30-11-18(23)21-15-9-13(19(24)28-3)6-5-12(15)2/h5-10H,4,11H2,1-3H3,(H,21,23). The second-order valence-corrected chi connectivity index (χ2v) is 6.02. The smallest absolute Gasteiger partial charge is 0.338 e. The molecule has 0 atom stereocenters. The van der Waals surface area contributed by atoms with Gasteiger partial charge in [0, 0.05) is 11.8 Å². The number of aryl methyl sites for hydroxylation is 1. The SMILES string of the molecule is CCOc1ccc(C(=O)OCC(=O)Nc2cc(C(=O)OC)ccc2C)cc1[N+](=O)[O-]. The monoisotopic (exact) mass is 416 g/mol. The molecule has 10 nitrogen and oxygen atoms in total. The number of amides is 1. The number of esters is 2. The van der Waals surface area contributed by atoms with Crippen molar-refractivity contribution in [3.8, 4) is 5.75 Å². The Morgan fingerprint density at radius 1 is 1.07 bits per heavy atom. The first-order valence-corrected chi connectivity index (χ1v) is 8.84. The molecule has 10 heteroatoms. The van der Waals surface area contributed by atoms with E-state index in [9.17, 15) is 24.5 Å². The third kappa shape index (κ3) is 5.53. The number of hydrogen-bond donors (Lipinski definition) is 1. The Balaban J connectivity index is 2.05. The van der Waals surface area contributed by atoms with Gasteiger partial charge in [0.1, 0.15) is 0 Å². The Labute approximate surface area is 171 Å². The van der Waals surface area contributed by atoms with Crippen molar-refractivity contribution in [2.24, 2.45) is 0 Å². The first kappa shape index (κ1) is 22.3. The summed E-state index contributed by atoms with van der Waals surface area (Å²) in [6.45, 7) is 3.00. The topological polar surface area (TPSA) is 134 Å². The quantitative estimate of drug-likeness (QED) is 0.394. The minimum Gasteiger partial charge on any atom is -0.487 e. The molecule has 0 bridgehead atoms. The number of methoxy groups -OCH3 is 1. The van der Waals surface area contributed by atoms with Crippen LogP contribution in [0.4, 0.5) is 11.4 Å². The lowest BCUT2D eigenvalue weighted by Crippen LogP contribution is -2.21. The largest absolute Gasteiger partial charge is 0.487 e. The van der Waals surface area contributed by atoms with Crippen molar-refractivity contribution in [2.45, 2.75) is 13.8 Å². The fourth-order valence-electron chi connectivity index (χ4n) is 2.47. The van der Waals surface area contributed by atoms with Gasteiger partial charge in [-0.2, -0.15) is 0 Å². The normalized spacial score (nSPS) is 10.1. The minimum absolute atomic E-state index is 0.0257. The molecule has 0 saturated heterocycles. The highest BCUT2D eigenvalue weighted by atomic mass is 16.6. The number of rotatable bonds is 8. The van der Waals surface area contributed by atoms with Gasteiger partial charge in [0.05, 0.1) is 29.8 Å². The van der Waals surface area contributed by atoms with Gasteiger partial charge in [-0.05, 0) is 43.7 Å². The van der Waals surface area contributed by atoms with E-state index in [0.717, 1.165) is 6.07 Å². The van der Waals surface area contributed by atoms with Gasteiger partial charge in [0.15, 0.2) is 12.4 Å². The predicted octanol–water partition coefficient (Wildman–Crippen LogP) is 2.88. The zero-order valence-corrected chi connectivity index (χ0v) is 16.6. The van der Waals surface area contributed by atoms with Gasteiger partial charge in [-0.15, -0.1) is 0 Å². The maximum absolute atomic E-state index is 12.2. The highest BCUT2D eigenvalue weighted by molar-refractivity contribution is 5.97. The van der Waals surface area contributed by atoms with Gasteiger partial charge in [-0.1, -0.05) is 6.07 Å². The molecule has 0 radical (unpaired) electrons. The lowest BCUT2D eigenvalue weighted by atomic mass is 10.1. The van der Waals surface area contributed by atoms with Crippen LogP contribution in [0.25, 0.3) is 0 Å². The van der Waals surface area contributed by atoms with Crippen molar-refractivity contribution in [2.75, 3.05) is 25.6 Å². The maximum atomic E-state index is 12.2. The molecule has 0 aromatic heterocycles. The summed E-state index contributed by atoms with van der Waals surface area (Å²) in [5, 5.41) is 13.7. The minimum atomic E-state index is -0.906. The van der Waals surface area contributed by atoms with E-state index < -0.39 is 29.4 Å². The summed E-state index contributed by atoms with van der Waals surface area (Å²) in [5.74, 6) is -2.09. The fraction of sp³-hybridized carbons (Fsp3) is 0.250. The van der Waals surface area contributed by atoms with Crippen LogP contribution in [0.5, 0.6) is 5.75 Å². The third-order valence-electron chi connectivity index (χ3n) is 3.96. The lowest BCUT2D eigenvalue weighted by Gasteiger charge is -2.11. The molecular weight excluding hydrogens is 396 g/mol. The first-order valence-electron chi connectivity index (χ1n) is 8.84. The van der Waals surface area contributed by atoms with Crippen LogP contribution in [0.15, 0.2) is 36.4 Å². The number of ether oxygens (including phenoxy) is 3. The Bertz CT molecular complexity index is 987. The molecule has 2 aromatic rings. The average molecular weight is 416 g/mol. The Morgan fingerprint density at radius 2 is 1.73 bits per heavy atom. The van der Waals surface area contributed by atoms with Crippen molar-refractivity contribution < 1.29 is 33.5 Å². The van der Waals surface area contributed by atoms with Gasteiger partial charge < -0.3 is 19.5 Å². The van der Waals surface area contributed by atoms with Crippen LogP contribution in [0.2, 0.25) is 0 Å².